The molecule has 2 fully saturated rings. The number of methoxy groups -OCH3 is 1. The molecule has 1 aromatic carbocycles. The molecule has 1 heterocycles. The highest BCUT2D eigenvalue weighted by Crippen LogP contribution is 2.59. The molecule has 0 unspecified atom stereocenters. The Labute approximate surface area is 142 Å². The summed E-state index contributed by atoms with van der Waals surface area (Å²) in [7, 11) is 1.64. The quantitative estimate of drug-likeness (QED) is 0.909. The van der Waals surface area contributed by atoms with Gasteiger partial charge >= 0.3 is 5.97 Å². The van der Waals surface area contributed by atoms with Crippen molar-refractivity contribution in [1.82, 2.24) is 4.90 Å². The Hall–Kier alpha value is -2.24. The molecule has 0 radical (unpaired) electrons. The third kappa shape index (κ3) is 2.81. The fourth-order valence-electron chi connectivity index (χ4n) is 3.73. The molecule has 2 aliphatic rings. The van der Waals surface area contributed by atoms with Crippen LogP contribution in [0, 0.1) is 17.3 Å². The van der Waals surface area contributed by atoms with Crippen molar-refractivity contribution in [3.63, 3.8) is 0 Å². The molecule has 1 aliphatic carbocycles. The molecule has 0 aromatic heterocycles. The van der Waals surface area contributed by atoms with E-state index in [9.17, 15) is 14.7 Å². The second-order valence-electron chi connectivity index (χ2n) is 7.13. The summed E-state index contributed by atoms with van der Waals surface area (Å²) in [5.74, 6) is -0.993. The second kappa shape index (κ2) is 6.00. The Kier molecular flexibility index (Phi) is 4.15. The third-order valence-electron chi connectivity index (χ3n) is 5.39. The van der Waals surface area contributed by atoms with Crippen LogP contribution in [0.5, 0.6) is 5.75 Å². The van der Waals surface area contributed by atoms with Gasteiger partial charge in [0.1, 0.15) is 5.75 Å². The Bertz CT molecular complexity index is 633. The second-order valence-corrected chi connectivity index (χ2v) is 7.13. The molecule has 1 saturated heterocycles. The predicted octanol–water partition coefficient (Wildman–Crippen LogP) is 1.70. The molecule has 0 spiro atoms. The first-order valence-corrected chi connectivity index (χ1v) is 8.27. The number of carboxylic acid groups (broad SMARTS) is 1. The fraction of sp³-hybridized carbons (Fsp3) is 0.556. The van der Waals surface area contributed by atoms with Crippen LogP contribution in [0.25, 0.3) is 0 Å². The summed E-state index contributed by atoms with van der Waals surface area (Å²) in [4.78, 5) is 28.0. The number of nitrogens with zero attached hydrogens (tertiary/aromatic N) is 2. The molecule has 3 rings (SSSR count). The van der Waals surface area contributed by atoms with Crippen molar-refractivity contribution >= 4 is 17.6 Å². The van der Waals surface area contributed by atoms with Crippen LogP contribution in [0.2, 0.25) is 0 Å². The van der Waals surface area contributed by atoms with Crippen LogP contribution in [-0.2, 0) is 9.59 Å². The van der Waals surface area contributed by atoms with E-state index in [1.54, 1.807) is 7.11 Å². The molecule has 1 aromatic rings. The van der Waals surface area contributed by atoms with Gasteiger partial charge in [0.2, 0.25) is 5.91 Å². The molecular formula is C18H24N2O4. The summed E-state index contributed by atoms with van der Waals surface area (Å²) >= 11 is 0. The molecule has 6 heteroatoms. The Morgan fingerprint density at radius 3 is 2.12 bits per heavy atom. The maximum absolute atomic E-state index is 12.6. The highest BCUT2D eigenvalue weighted by atomic mass is 16.5. The van der Waals surface area contributed by atoms with Crippen molar-refractivity contribution in [1.29, 1.82) is 0 Å². The van der Waals surface area contributed by atoms with E-state index >= 15 is 0 Å². The van der Waals surface area contributed by atoms with E-state index in [0.29, 0.717) is 13.1 Å². The molecular weight excluding hydrogens is 308 g/mol. The average molecular weight is 332 g/mol. The summed E-state index contributed by atoms with van der Waals surface area (Å²) in [5.41, 5.74) is 0.675. The molecule has 1 N–H and O–H groups in total. The van der Waals surface area contributed by atoms with E-state index in [-0.39, 0.29) is 11.8 Å². The zero-order chi connectivity index (χ0) is 17.5. The maximum atomic E-state index is 12.6. The van der Waals surface area contributed by atoms with Gasteiger partial charge in [-0.05, 0) is 29.7 Å². The molecule has 1 saturated carbocycles. The number of carbonyl (C=O) groups is 2. The van der Waals surface area contributed by atoms with Crippen molar-refractivity contribution in [2.75, 3.05) is 38.2 Å². The number of carboxylic acids is 1. The van der Waals surface area contributed by atoms with Gasteiger partial charge < -0.3 is 19.6 Å². The number of ether oxygens (including phenoxy) is 1. The molecule has 24 heavy (non-hydrogen) atoms. The van der Waals surface area contributed by atoms with Gasteiger partial charge in [-0.25, -0.2) is 0 Å². The number of benzene rings is 1. The van der Waals surface area contributed by atoms with Crippen molar-refractivity contribution < 1.29 is 19.4 Å². The number of anilines is 1. The Morgan fingerprint density at radius 1 is 1.08 bits per heavy atom. The Morgan fingerprint density at radius 2 is 1.67 bits per heavy atom. The number of carbonyl (C=O) groups excluding carboxylic acids is 1. The van der Waals surface area contributed by atoms with E-state index in [2.05, 4.69) is 4.90 Å². The van der Waals surface area contributed by atoms with Crippen LogP contribution < -0.4 is 9.64 Å². The number of amides is 1. The Balaban J connectivity index is 1.59. The van der Waals surface area contributed by atoms with E-state index in [0.717, 1.165) is 24.5 Å². The van der Waals surface area contributed by atoms with Gasteiger partial charge in [-0.3, -0.25) is 9.59 Å². The molecule has 2 atom stereocenters. The van der Waals surface area contributed by atoms with Gasteiger partial charge in [-0.1, -0.05) is 13.8 Å². The largest absolute Gasteiger partial charge is 0.497 e. The van der Waals surface area contributed by atoms with Crippen LogP contribution in [0.4, 0.5) is 5.69 Å². The minimum atomic E-state index is -0.866. The molecule has 6 nitrogen and oxygen atoms in total. The molecule has 130 valence electrons. The number of rotatable bonds is 4. The lowest BCUT2D eigenvalue weighted by atomic mass is 10.1. The average Bonchev–Trinajstić information content (AvgIpc) is 3.17. The predicted molar refractivity (Wildman–Crippen MR) is 90.2 cm³/mol. The lowest BCUT2D eigenvalue weighted by Gasteiger charge is -2.36. The van der Waals surface area contributed by atoms with Crippen LogP contribution in [-0.4, -0.2) is 55.2 Å². The maximum Gasteiger partial charge on any atom is 0.307 e. The van der Waals surface area contributed by atoms with Crippen LogP contribution >= 0.6 is 0 Å². The van der Waals surface area contributed by atoms with Gasteiger partial charge in [0.25, 0.3) is 0 Å². The van der Waals surface area contributed by atoms with E-state index in [4.69, 9.17) is 4.74 Å². The molecule has 1 amide bonds. The highest BCUT2D eigenvalue weighted by molar-refractivity contribution is 5.91. The summed E-state index contributed by atoms with van der Waals surface area (Å²) in [5, 5.41) is 9.25. The van der Waals surface area contributed by atoms with Gasteiger partial charge in [0.15, 0.2) is 0 Å². The summed E-state index contributed by atoms with van der Waals surface area (Å²) < 4.78 is 5.17. The summed E-state index contributed by atoms with van der Waals surface area (Å²) in [6, 6.07) is 7.88. The van der Waals surface area contributed by atoms with Crippen LogP contribution in [0.1, 0.15) is 13.8 Å². The minimum Gasteiger partial charge on any atom is -0.497 e. The van der Waals surface area contributed by atoms with Crippen molar-refractivity contribution in [2.45, 2.75) is 13.8 Å². The number of hydrogen-bond acceptors (Lipinski definition) is 4. The van der Waals surface area contributed by atoms with E-state index in [1.807, 2.05) is 43.0 Å². The number of aliphatic carboxylic acids is 1. The van der Waals surface area contributed by atoms with E-state index < -0.39 is 17.3 Å². The van der Waals surface area contributed by atoms with Crippen molar-refractivity contribution in [2.24, 2.45) is 17.3 Å². The summed E-state index contributed by atoms with van der Waals surface area (Å²) in [6.45, 7) is 6.49. The van der Waals surface area contributed by atoms with Gasteiger partial charge in [0.05, 0.1) is 18.9 Å². The minimum absolute atomic E-state index is 0.0122. The highest BCUT2D eigenvalue weighted by Gasteiger charge is 2.66. The molecule has 0 bridgehead atoms. The normalized spacial score (nSPS) is 25.3. The zero-order valence-corrected chi connectivity index (χ0v) is 14.4. The monoisotopic (exact) mass is 332 g/mol. The summed E-state index contributed by atoms with van der Waals surface area (Å²) in [6.07, 6.45) is 0. The number of piperazine rings is 1. The van der Waals surface area contributed by atoms with Crippen LogP contribution in [0.3, 0.4) is 0 Å². The molecule has 1 aliphatic heterocycles. The zero-order valence-electron chi connectivity index (χ0n) is 14.4. The van der Waals surface area contributed by atoms with Gasteiger partial charge in [0, 0.05) is 31.9 Å². The lowest BCUT2D eigenvalue weighted by molar-refractivity contribution is -0.142. The number of hydrogen-bond donors (Lipinski definition) is 1. The van der Waals surface area contributed by atoms with Gasteiger partial charge in [-0.2, -0.15) is 0 Å². The lowest BCUT2D eigenvalue weighted by Crippen LogP contribution is -2.49. The first-order chi connectivity index (χ1) is 11.4. The van der Waals surface area contributed by atoms with Crippen molar-refractivity contribution in [3.05, 3.63) is 24.3 Å². The van der Waals surface area contributed by atoms with Crippen LogP contribution in [0.15, 0.2) is 24.3 Å². The topological polar surface area (TPSA) is 70.1 Å². The van der Waals surface area contributed by atoms with E-state index in [1.165, 1.54) is 0 Å². The standard InChI is InChI=1S/C18H24N2O4/c1-18(2)14(15(18)17(22)23)16(21)20-10-8-19(9-11-20)12-4-6-13(24-3)7-5-12/h4-7,14-15H,8-11H2,1-3H3,(H,22,23)/t14-,15-/m0/s1. The first kappa shape index (κ1) is 16.6. The van der Waals surface area contributed by atoms with Crippen molar-refractivity contribution in [3.8, 4) is 5.75 Å². The fourth-order valence-corrected chi connectivity index (χ4v) is 3.73. The van der Waals surface area contributed by atoms with Gasteiger partial charge in [-0.15, -0.1) is 0 Å². The first-order valence-electron chi connectivity index (χ1n) is 8.27. The smallest absolute Gasteiger partial charge is 0.307 e. The SMILES string of the molecule is COc1ccc(N2CCN(C(=O)[C@@H]3[C@@H](C(=O)O)C3(C)C)CC2)cc1. The third-order valence-corrected chi connectivity index (χ3v) is 5.39.